The molecule has 0 aliphatic carbocycles. The Hall–Kier alpha value is -3.36. The van der Waals surface area contributed by atoms with Crippen LogP contribution < -0.4 is 10.1 Å². The van der Waals surface area contributed by atoms with Crippen LogP contribution >= 0.6 is 23.2 Å². The lowest BCUT2D eigenvalue weighted by Gasteiger charge is -2.09. The van der Waals surface area contributed by atoms with Gasteiger partial charge in [-0.25, -0.2) is 9.07 Å². The molecule has 0 aliphatic rings. The molecule has 4 rings (SSSR count). The maximum atomic E-state index is 14.0. The second-order valence-electron chi connectivity index (χ2n) is 7.92. The van der Waals surface area contributed by atoms with Crippen molar-refractivity contribution >= 4 is 34.9 Å². The van der Waals surface area contributed by atoms with Crippen LogP contribution in [0.15, 0.2) is 60.9 Å². The number of amides is 1. The van der Waals surface area contributed by atoms with Crippen LogP contribution in [-0.4, -0.2) is 25.5 Å². The first-order valence-corrected chi connectivity index (χ1v) is 11.3. The van der Waals surface area contributed by atoms with E-state index in [2.05, 4.69) is 29.4 Å². The topological polar surface area (TPSA) is 74.0 Å². The summed E-state index contributed by atoms with van der Waals surface area (Å²) in [5.41, 5.74) is 1.67. The highest BCUT2D eigenvalue weighted by molar-refractivity contribution is 6.33. The molecule has 1 N–H and O–H groups in total. The molecule has 0 spiro atoms. The summed E-state index contributed by atoms with van der Waals surface area (Å²) in [6, 6.07) is 13.8. The lowest BCUT2D eigenvalue weighted by Crippen LogP contribution is -2.15. The lowest BCUT2D eigenvalue weighted by molar-refractivity contribution is 0.101. The number of carbonyl (C=O) groups excluding carboxylic acids is 1. The van der Waals surface area contributed by atoms with E-state index in [0.717, 1.165) is 0 Å². The van der Waals surface area contributed by atoms with Crippen LogP contribution in [0, 0.1) is 5.82 Å². The number of ether oxygens (including phenoxy) is 1. The average Bonchev–Trinajstić information content (AvgIpc) is 3.42. The summed E-state index contributed by atoms with van der Waals surface area (Å²) in [4.78, 5) is 12.6. The van der Waals surface area contributed by atoms with Crippen molar-refractivity contribution in [2.24, 2.45) is 0 Å². The predicted octanol–water partition coefficient (Wildman–Crippen LogP) is 5.99. The average molecular weight is 502 g/mol. The van der Waals surface area contributed by atoms with Gasteiger partial charge in [0.05, 0.1) is 6.54 Å². The van der Waals surface area contributed by atoms with Crippen molar-refractivity contribution in [3.05, 3.63) is 93.6 Å². The summed E-state index contributed by atoms with van der Waals surface area (Å²) in [6.07, 6.45) is 3.12. The standard InChI is InChI=1S/C24H22Cl2FN5O2/c1-15(2)16-6-8-17(9-7-16)34-14-31-11-10-22(29-31)24(33)28-23-20(26)13-32(30-23)12-18-19(25)4-3-5-21(18)27/h3-11,13,15H,12,14H2,1-2H3,(H,28,30,33). The van der Waals surface area contributed by atoms with Crippen LogP contribution in [0.2, 0.25) is 10.0 Å². The van der Waals surface area contributed by atoms with Crippen molar-refractivity contribution in [2.75, 3.05) is 5.32 Å². The van der Waals surface area contributed by atoms with E-state index in [1.54, 1.807) is 18.3 Å². The SMILES string of the molecule is CC(C)c1ccc(OCn2ccc(C(=O)Nc3nn(Cc4c(F)cccc4Cl)cc3Cl)n2)cc1. The number of aromatic nitrogens is 4. The molecular weight excluding hydrogens is 480 g/mol. The van der Waals surface area contributed by atoms with Gasteiger partial charge in [0.2, 0.25) is 0 Å². The smallest absolute Gasteiger partial charge is 0.277 e. The van der Waals surface area contributed by atoms with Gasteiger partial charge in [-0.2, -0.15) is 10.2 Å². The molecule has 0 bridgehead atoms. The highest BCUT2D eigenvalue weighted by Crippen LogP contribution is 2.24. The third kappa shape index (κ3) is 5.58. The molecule has 0 fully saturated rings. The Bertz CT molecular complexity index is 1280. The molecule has 0 saturated heterocycles. The third-order valence-corrected chi connectivity index (χ3v) is 5.75. The molecule has 0 unspecified atom stereocenters. The van der Waals surface area contributed by atoms with Crippen molar-refractivity contribution < 1.29 is 13.9 Å². The van der Waals surface area contributed by atoms with Gasteiger partial charge in [0.1, 0.15) is 16.6 Å². The second kappa shape index (κ2) is 10.3. The molecule has 2 aromatic carbocycles. The first-order chi connectivity index (χ1) is 16.3. The van der Waals surface area contributed by atoms with Crippen molar-refractivity contribution in [3.63, 3.8) is 0 Å². The zero-order valence-corrected chi connectivity index (χ0v) is 20.0. The van der Waals surface area contributed by atoms with Gasteiger partial charge in [0.15, 0.2) is 18.2 Å². The van der Waals surface area contributed by atoms with Gasteiger partial charge in [-0.05, 0) is 41.8 Å². The molecular formula is C24H22Cl2FN5O2. The molecule has 0 saturated carbocycles. The van der Waals surface area contributed by atoms with Crippen LogP contribution in [0.1, 0.15) is 41.4 Å². The van der Waals surface area contributed by atoms with Crippen molar-refractivity contribution in [3.8, 4) is 5.75 Å². The number of benzene rings is 2. The molecule has 2 heterocycles. The highest BCUT2D eigenvalue weighted by atomic mass is 35.5. The largest absolute Gasteiger partial charge is 0.471 e. The summed E-state index contributed by atoms with van der Waals surface area (Å²) < 4.78 is 22.7. The Balaban J connectivity index is 1.37. The summed E-state index contributed by atoms with van der Waals surface area (Å²) in [5.74, 6) is 0.344. The number of hydrogen-bond acceptors (Lipinski definition) is 4. The van der Waals surface area contributed by atoms with E-state index in [-0.39, 0.29) is 40.4 Å². The fourth-order valence-corrected chi connectivity index (χ4v) is 3.64. The second-order valence-corrected chi connectivity index (χ2v) is 8.73. The van der Waals surface area contributed by atoms with Gasteiger partial charge < -0.3 is 10.1 Å². The normalized spacial score (nSPS) is 11.1. The van der Waals surface area contributed by atoms with Crippen LogP contribution in [0.4, 0.5) is 10.2 Å². The summed E-state index contributed by atoms with van der Waals surface area (Å²) >= 11 is 12.3. The van der Waals surface area contributed by atoms with E-state index in [9.17, 15) is 9.18 Å². The molecule has 4 aromatic rings. The highest BCUT2D eigenvalue weighted by Gasteiger charge is 2.16. The Morgan fingerprint density at radius 1 is 1.06 bits per heavy atom. The summed E-state index contributed by atoms with van der Waals surface area (Å²) in [6.45, 7) is 4.46. The first kappa shape index (κ1) is 23.8. The number of rotatable bonds is 8. The van der Waals surface area contributed by atoms with Crippen LogP contribution in [-0.2, 0) is 13.3 Å². The van der Waals surface area contributed by atoms with Crippen LogP contribution in [0.5, 0.6) is 5.75 Å². The zero-order chi connectivity index (χ0) is 24.2. The molecule has 0 atom stereocenters. The fourth-order valence-electron chi connectivity index (χ4n) is 3.22. The number of nitrogens with zero attached hydrogens (tertiary/aromatic N) is 4. The lowest BCUT2D eigenvalue weighted by atomic mass is 10.0. The minimum absolute atomic E-state index is 0.0607. The maximum absolute atomic E-state index is 14.0. The molecule has 1 amide bonds. The van der Waals surface area contributed by atoms with Gasteiger partial charge >= 0.3 is 0 Å². The molecule has 10 heteroatoms. The molecule has 34 heavy (non-hydrogen) atoms. The van der Waals surface area contributed by atoms with Crippen molar-refractivity contribution in [1.29, 1.82) is 0 Å². The number of hydrogen-bond donors (Lipinski definition) is 1. The van der Waals surface area contributed by atoms with Gasteiger partial charge in [-0.15, -0.1) is 0 Å². The fraction of sp³-hybridized carbons (Fsp3) is 0.208. The molecule has 0 radical (unpaired) electrons. The van der Waals surface area contributed by atoms with Gasteiger partial charge in [0, 0.05) is 23.0 Å². The minimum Gasteiger partial charge on any atom is -0.471 e. The Morgan fingerprint density at radius 3 is 2.53 bits per heavy atom. The van der Waals surface area contributed by atoms with E-state index >= 15 is 0 Å². The Kier molecular flexibility index (Phi) is 7.19. The number of anilines is 1. The van der Waals surface area contributed by atoms with E-state index in [1.807, 2.05) is 24.3 Å². The van der Waals surface area contributed by atoms with E-state index in [4.69, 9.17) is 27.9 Å². The Labute approximate surface area is 206 Å². The number of carbonyl (C=O) groups is 1. The summed E-state index contributed by atoms with van der Waals surface area (Å²) in [7, 11) is 0. The van der Waals surface area contributed by atoms with Crippen molar-refractivity contribution in [2.45, 2.75) is 33.0 Å². The maximum Gasteiger partial charge on any atom is 0.277 e. The minimum atomic E-state index is -0.490. The van der Waals surface area contributed by atoms with E-state index in [0.29, 0.717) is 11.7 Å². The van der Waals surface area contributed by atoms with Gasteiger partial charge in [-0.1, -0.05) is 55.2 Å². The quantitative estimate of drug-likeness (QED) is 0.322. The first-order valence-electron chi connectivity index (χ1n) is 10.5. The van der Waals surface area contributed by atoms with Gasteiger partial charge in [-0.3, -0.25) is 9.48 Å². The number of nitrogens with one attached hydrogen (secondary N) is 1. The molecule has 7 nitrogen and oxygen atoms in total. The van der Waals surface area contributed by atoms with E-state index in [1.165, 1.54) is 33.3 Å². The van der Waals surface area contributed by atoms with Crippen LogP contribution in [0.25, 0.3) is 0 Å². The van der Waals surface area contributed by atoms with E-state index < -0.39 is 11.7 Å². The zero-order valence-electron chi connectivity index (χ0n) is 18.5. The third-order valence-electron chi connectivity index (χ3n) is 5.11. The monoisotopic (exact) mass is 501 g/mol. The molecule has 176 valence electrons. The molecule has 0 aliphatic heterocycles. The number of halogens is 3. The molecule has 2 aromatic heterocycles. The Morgan fingerprint density at radius 2 is 1.82 bits per heavy atom. The van der Waals surface area contributed by atoms with Gasteiger partial charge in [0.25, 0.3) is 5.91 Å². The predicted molar refractivity (Wildman–Crippen MR) is 129 cm³/mol. The van der Waals surface area contributed by atoms with Crippen molar-refractivity contribution in [1.82, 2.24) is 19.6 Å². The van der Waals surface area contributed by atoms with Crippen LogP contribution in [0.3, 0.4) is 0 Å². The summed E-state index contributed by atoms with van der Waals surface area (Å²) in [5, 5.41) is 11.6.